The molecular weight excluding hydrogens is 324 g/mol. The molecule has 1 N–H and O–H groups in total. The van der Waals surface area contributed by atoms with Gasteiger partial charge < -0.3 is 5.11 Å². The predicted octanol–water partition coefficient (Wildman–Crippen LogP) is 3.01. The van der Waals surface area contributed by atoms with Crippen LogP contribution in [0.4, 0.5) is 0 Å². The highest BCUT2D eigenvalue weighted by Crippen LogP contribution is 2.35. The molecule has 0 radical (unpaired) electrons. The summed E-state index contributed by atoms with van der Waals surface area (Å²) in [5, 5.41) is 24.0. The lowest BCUT2D eigenvalue weighted by atomic mass is 9.85. The maximum Gasteiger partial charge on any atom is 0.192 e. The van der Waals surface area contributed by atoms with Gasteiger partial charge in [0.05, 0.1) is 6.54 Å². The van der Waals surface area contributed by atoms with Gasteiger partial charge in [-0.25, -0.2) is 4.68 Å². The molecule has 0 saturated heterocycles. The third-order valence-corrected chi connectivity index (χ3v) is 4.41. The predicted molar refractivity (Wildman–Crippen MR) is 98.3 cm³/mol. The van der Waals surface area contributed by atoms with E-state index >= 15 is 0 Å². The second-order valence-electron chi connectivity index (χ2n) is 6.09. The molecule has 0 atom stereocenters. The highest BCUT2D eigenvalue weighted by molar-refractivity contribution is 5.42. The number of aliphatic hydroxyl groups is 1. The fraction of sp³-hybridized carbons (Fsp3) is 0.0952. The van der Waals surface area contributed by atoms with Crippen LogP contribution in [0.2, 0.25) is 0 Å². The number of benzene rings is 3. The van der Waals surface area contributed by atoms with Gasteiger partial charge >= 0.3 is 0 Å². The van der Waals surface area contributed by atoms with Gasteiger partial charge in [0, 0.05) is 0 Å². The fourth-order valence-electron chi connectivity index (χ4n) is 3.11. The second kappa shape index (κ2) is 6.90. The normalized spacial score (nSPS) is 11.4. The van der Waals surface area contributed by atoms with Gasteiger partial charge in [-0.15, -0.1) is 5.10 Å². The molecule has 0 aliphatic heterocycles. The van der Waals surface area contributed by atoms with Gasteiger partial charge in [-0.3, -0.25) is 0 Å². The van der Waals surface area contributed by atoms with E-state index in [9.17, 15) is 5.11 Å². The summed E-state index contributed by atoms with van der Waals surface area (Å²) in [4.78, 5) is 0. The van der Waals surface area contributed by atoms with Gasteiger partial charge in [-0.05, 0) is 27.1 Å². The van der Waals surface area contributed by atoms with Gasteiger partial charge in [0.2, 0.25) is 0 Å². The van der Waals surface area contributed by atoms with E-state index in [1.54, 1.807) is 4.68 Å². The molecule has 0 amide bonds. The van der Waals surface area contributed by atoms with Crippen molar-refractivity contribution in [1.82, 2.24) is 20.2 Å². The molecule has 1 heterocycles. The van der Waals surface area contributed by atoms with Crippen LogP contribution in [0.5, 0.6) is 0 Å². The molecule has 0 saturated carbocycles. The lowest BCUT2D eigenvalue weighted by molar-refractivity contribution is 0.110. The van der Waals surface area contributed by atoms with Crippen molar-refractivity contribution in [1.29, 1.82) is 0 Å². The molecule has 4 aromatic rings. The Hall–Kier alpha value is -3.31. The first-order chi connectivity index (χ1) is 12.8. The summed E-state index contributed by atoms with van der Waals surface area (Å²) in [5.74, 6) is 0.388. The third-order valence-electron chi connectivity index (χ3n) is 4.41. The molecule has 0 unspecified atom stereocenters. The second-order valence-corrected chi connectivity index (χ2v) is 6.09. The van der Waals surface area contributed by atoms with Gasteiger partial charge in [0.25, 0.3) is 0 Å². The summed E-state index contributed by atoms with van der Waals surface area (Å²) in [6, 6.07) is 28.9. The number of aromatic nitrogens is 4. The van der Waals surface area contributed by atoms with Gasteiger partial charge in [-0.2, -0.15) is 0 Å². The number of rotatable bonds is 5. The van der Waals surface area contributed by atoms with E-state index in [0.29, 0.717) is 12.4 Å². The molecule has 1 aromatic heterocycles. The smallest absolute Gasteiger partial charge is 0.192 e. The molecule has 0 fully saturated rings. The largest absolute Gasteiger partial charge is 0.373 e. The molecule has 5 nitrogen and oxygen atoms in total. The minimum Gasteiger partial charge on any atom is -0.373 e. The van der Waals surface area contributed by atoms with Crippen LogP contribution in [0.3, 0.4) is 0 Å². The van der Waals surface area contributed by atoms with Gasteiger partial charge in [0.1, 0.15) is 0 Å². The summed E-state index contributed by atoms with van der Waals surface area (Å²) in [6.45, 7) is 0.477. The van der Waals surface area contributed by atoms with E-state index in [1.807, 2.05) is 91.0 Å². The van der Waals surface area contributed by atoms with Crippen LogP contribution in [-0.4, -0.2) is 25.3 Å². The molecule has 4 rings (SSSR count). The van der Waals surface area contributed by atoms with E-state index in [4.69, 9.17) is 0 Å². The van der Waals surface area contributed by atoms with Crippen LogP contribution in [0.15, 0.2) is 91.0 Å². The van der Waals surface area contributed by atoms with E-state index in [-0.39, 0.29) is 0 Å². The molecule has 0 aliphatic carbocycles. The van der Waals surface area contributed by atoms with Gasteiger partial charge in [0.15, 0.2) is 11.4 Å². The van der Waals surface area contributed by atoms with Crippen LogP contribution >= 0.6 is 0 Å². The minimum atomic E-state index is -1.44. The first-order valence-electron chi connectivity index (χ1n) is 8.42. The van der Waals surface area contributed by atoms with E-state index in [2.05, 4.69) is 15.5 Å². The molecule has 26 heavy (non-hydrogen) atoms. The summed E-state index contributed by atoms with van der Waals surface area (Å²) >= 11 is 0. The van der Waals surface area contributed by atoms with Gasteiger partial charge in [-0.1, -0.05) is 91.0 Å². The zero-order valence-corrected chi connectivity index (χ0v) is 14.1. The molecule has 0 aliphatic rings. The first kappa shape index (κ1) is 16.2. The van der Waals surface area contributed by atoms with Crippen LogP contribution in [0.1, 0.15) is 22.5 Å². The fourth-order valence-corrected chi connectivity index (χ4v) is 3.11. The average molecular weight is 342 g/mol. The van der Waals surface area contributed by atoms with Crippen LogP contribution in [0.25, 0.3) is 0 Å². The van der Waals surface area contributed by atoms with E-state index in [0.717, 1.165) is 16.7 Å². The Balaban J connectivity index is 1.85. The Morgan fingerprint density at radius 3 is 1.77 bits per heavy atom. The van der Waals surface area contributed by atoms with Crippen molar-refractivity contribution >= 4 is 0 Å². The SMILES string of the molecule is OC(c1ccccc1)(c1ccccc1)c1nnnn1Cc1ccccc1. The first-order valence-corrected chi connectivity index (χ1v) is 8.42. The molecule has 0 spiro atoms. The van der Waals surface area contributed by atoms with E-state index in [1.165, 1.54) is 0 Å². The summed E-state index contributed by atoms with van der Waals surface area (Å²) in [6.07, 6.45) is 0. The number of nitrogens with zero attached hydrogens (tertiary/aromatic N) is 4. The Labute approximate surface area is 151 Å². The van der Waals surface area contributed by atoms with Crippen molar-refractivity contribution in [3.05, 3.63) is 114 Å². The minimum absolute atomic E-state index is 0.388. The lowest BCUT2D eigenvalue weighted by Crippen LogP contribution is -2.33. The summed E-state index contributed by atoms with van der Waals surface area (Å²) in [7, 11) is 0. The van der Waals surface area contributed by atoms with Crippen molar-refractivity contribution in [3.63, 3.8) is 0 Å². The lowest BCUT2D eigenvalue weighted by Gasteiger charge is -2.28. The summed E-state index contributed by atoms with van der Waals surface area (Å²) < 4.78 is 1.65. The maximum atomic E-state index is 11.8. The third kappa shape index (κ3) is 2.89. The molecule has 128 valence electrons. The van der Waals surface area contributed by atoms with Crippen molar-refractivity contribution in [2.75, 3.05) is 0 Å². The number of hydrogen-bond acceptors (Lipinski definition) is 4. The highest BCUT2D eigenvalue weighted by Gasteiger charge is 2.39. The number of tetrazole rings is 1. The van der Waals surface area contributed by atoms with Crippen molar-refractivity contribution in [2.24, 2.45) is 0 Å². The molecule has 5 heteroatoms. The number of hydrogen-bond donors (Lipinski definition) is 1. The van der Waals surface area contributed by atoms with E-state index < -0.39 is 5.60 Å². The Bertz CT molecular complexity index is 929. The molecule has 0 bridgehead atoms. The molecular formula is C21H18N4O. The standard InChI is InChI=1S/C21H18N4O/c26-21(18-12-6-2-7-13-18,19-14-8-3-9-15-19)20-22-23-24-25(20)16-17-10-4-1-5-11-17/h1-15,26H,16H2. The van der Waals surface area contributed by atoms with Crippen LogP contribution in [0, 0.1) is 0 Å². The zero-order valence-electron chi connectivity index (χ0n) is 14.1. The Morgan fingerprint density at radius 2 is 1.23 bits per heavy atom. The quantitative estimate of drug-likeness (QED) is 0.605. The Morgan fingerprint density at radius 1 is 0.731 bits per heavy atom. The van der Waals surface area contributed by atoms with Crippen molar-refractivity contribution in [2.45, 2.75) is 12.1 Å². The topological polar surface area (TPSA) is 63.8 Å². The van der Waals surface area contributed by atoms with Crippen molar-refractivity contribution < 1.29 is 5.11 Å². The van der Waals surface area contributed by atoms with Crippen LogP contribution in [-0.2, 0) is 12.1 Å². The monoisotopic (exact) mass is 342 g/mol. The molecule has 3 aromatic carbocycles. The zero-order chi connectivity index (χ0) is 17.8. The average Bonchev–Trinajstić information content (AvgIpc) is 3.18. The summed E-state index contributed by atoms with van der Waals surface area (Å²) in [5.41, 5.74) is 1.05. The maximum absolute atomic E-state index is 11.8. The van der Waals surface area contributed by atoms with Crippen molar-refractivity contribution in [3.8, 4) is 0 Å². The highest BCUT2D eigenvalue weighted by atomic mass is 16.3. The Kier molecular flexibility index (Phi) is 4.29. The van der Waals surface area contributed by atoms with Crippen LogP contribution < -0.4 is 0 Å².